The highest BCUT2D eigenvalue weighted by atomic mass is 16.5. The Bertz CT molecular complexity index is 1020. The third-order valence-corrected chi connectivity index (χ3v) is 4.69. The Morgan fingerprint density at radius 3 is 2.52 bits per heavy atom. The van der Waals surface area contributed by atoms with Crippen LogP contribution < -0.4 is 14.2 Å². The summed E-state index contributed by atoms with van der Waals surface area (Å²) in [5.74, 6) is 1.44. The number of ether oxygens (including phenoxy) is 4. The van der Waals surface area contributed by atoms with Gasteiger partial charge in [0.1, 0.15) is 18.1 Å². The van der Waals surface area contributed by atoms with Gasteiger partial charge in [0, 0.05) is 22.3 Å². The van der Waals surface area contributed by atoms with E-state index in [4.69, 9.17) is 18.9 Å². The number of aromatic amines is 1. The highest BCUT2D eigenvalue weighted by Crippen LogP contribution is 2.47. The summed E-state index contributed by atoms with van der Waals surface area (Å²) in [5.41, 5.74) is 4.41. The Morgan fingerprint density at radius 2 is 1.78 bits per heavy atom. The van der Waals surface area contributed by atoms with E-state index < -0.39 is 5.97 Å². The van der Waals surface area contributed by atoms with Crippen molar-refractivity contribution in [3.8, 4) is 39.6 Å². The highest BCUT2D eigenvalue weighted by Gasteiger charge is 2.30. The van der Waals surface area contributed by atoms with Crippen LogP contribution in [-0.4, -0.2) is 32.3 Å². The van der Waals surface area contributed by atoms with Gasteiger partial charge in [0.2, 0.25) is 0 Å². The van der Waals surface area contributed by atoms with Crippen LogP contribution in [0, 0.1) is 0 Å². The van der Waals surface area contributed by atoms with Crippen molar-refractivity contribution in [3.05, 3.63) is 53.7 Å². The average molecular weight is 365 g/mol. The zero-order valence-electron chi connectivity index (χ0n) is 15.3. The van der Waals surface area contributed by atoms with Crippen molar-refractivity contribution in [3.63, 3.8) is 0 Å². The molecule has 6 heteroatoms. The van der Waals surface area contributed by atoms with Gasteiger partial charge in [-0.1, -0.05) is 24.3 Å². The maximum absolute atomic E-state index is 12.5. The van der Waals surface area contributed by atoms with Gasteiger partial charge >= 0.3 is 5.97 Å². The number of esters is 1. The predicted octanol–water partition coefficient (Wildman–Crippen LogP) is 4.04. The lowest BCUT2D eigenvalue weighted by molar-refractivity contribution is 0.0596. The molecule has 1 N–H and O–H groups in total. The Balaban J connectivity index is 2.03. The number of rotatable bonds is 4. The smallest absolute Gasteiger partial charge is 0.355 e. The van der Waals surface area contributed by atoms with E-state index in [2.05, 4.69) is 4.98 Å². The molecule has 0 spiro atoms. The van der Waals surface area contributed by atoms with Gasteiger partial charge in [0.15, 0.2) is 11.5 Å². The molecule has 2 aromatic carbocycles. The van der Waals surface area contributed by atoms with E-state index in [1.165, 1.54) is 7.11 Å². The fraction of sp³-hybridized carbons (Fsp3) is 0.190. The largest absolute Gasteiger partial charge is 0.493 e. The molecule has 27 heavy (non-hydrogen) atoms. The van der Waals surface area contributed by atoms with Crippen molar-refractivity contribution in [2.45, 2.75) is 6.61 Å². The van der Waals surface area contributed by atoms with Gasteiger partial charge in [-0.3, -0.25) is 0 Å². The van der Waals surface area contributed by atoms with E-state index in [1.807, 2.05) is 42.5 Å². The van der Waals surface area contributed by atoms with Crippen LogP contribution in [0.1, 0.15) is 16.1 Å². The van der Waals surface area contributed by atoms with Crippen LogP contribution in [-0.2, 0) is 11.3 Å². The molecular formula is C21H19NO5. The van der Waals surface area contributed by atoms with E-state index in [9.17, 15) is 4.79 Å². The van der Waals surface area contributed by atoms with E-state index in [1.54, 1.807) is 14.2 Å². The van der Waals surface area contributed by atoms with Gasteiger partial charge in [-0.05, 0) is 18.2 Å². The first-order valence-electron chi connectivity index (χ1n) is 8.46. The number of methoxy groups -OCH3 is 3. The number of hydrogen-bond donors (Lipinski definition) is 1. The summed E-state index contributed by atoms with van der Waals surface area (Å²) < 4.78 is 21.9. The minimum absolute atomic E-state index is 0.329. The molecule has 0 atom stereocenters. The number of H-pyrrole nitrogens is 1. The number of nitrogens with one attached hydrogen (secondary N) is 1. The monoisotopic (exact) mass is 365 g/mol. The summed E-state index contributed by atoms with van der Waals surface area (Å²) in [6, 6.07) is 13.3. The molecule has 0 amide bonds. The van der Waals surface area contributed by atoms with Gasteiger partial charge in [-0.2, -0.15) is 0 Å². The molecule has 1 aliphatic heterocycles. The maximum Gasteiger partial charge on any atom is 0.355 e. The standard InChI is InChI=1S/C21H19NO5/c1-24-16-10-6-8-13(20(16)25-2)17-14-11-27-15-9-5-4-7-12(15)18(14)22-19(17)21(23)26-3/h4-10,22H,11H2,1-3H3. The number of fused-ring (bicyclic) bond motifs is 3. The van der Waals surface area contributed by atoms with Crippen molar-refractivity contribution in [2.75, 3.05) is 21.3 Å². The van der Waals surface area contributed by atoms with Crippen molar-refractivity contribution in [1.82, 2.24) is 4.98 Å². The molecule has 0 unspecified atom stereocenters. The fourth-order valence-electron chi connectivity index (χ4n) is 3.50. The second-order valence-corrected chi connectivity index (χ2v) is 6.05. The Hall–Kier alpha value is -3.41. The topological polar surface area (TPSA) is 69.8 Å². The molecule has 2 heterocycles. The second-order valence-electron chi connectivity index (χ2n) is 6.05. The van der Waals surface area contributed by atoms with Gasteiger partial charge in [-0.25, -0.2) is 4.79 Å². The van der Waals surface area contributed by atoms with Gasteiger partial charge in [0.05, 0.1) is 27.0 Å². The summed E-state index contributed by atoms with van der Waals surface area (Å²) in [7, 11) is 4.51. The summed E-state index contributed by atoms with van der Waals surface area (Å²) >= 11 is 0. The van der Waals surface area contributed by atoms with Crippen molar-refractivity contribution in [1.29, 1.82) is 0 Å². The van der Waals surface area contributed by atoms with Gasteiger partial charge < -0.3 is 23.9 Å². The highest BCUT2D eigenvalue weighted by molar-refractivity contribution is 6.01. The quantitative estimate of drug-likeness (QED) is 0.707. The van der Waals surface area contributed by atoms with Crippen LogP contribution >= 0.6 is 0 Å². The van der Waals surface area contributed by atoms with Gasteiger partial charge in [-0.15, -0.1) is 0 Å². The van der Waals surface area contributed by atoms with E-state index in [0.717, 1.165) is 28.1 Å². The lowest BCUT2D eigenvalue weighted by atomic mass is 9.95. The summed E-state index contributed by atoms with van der Waals surface area (Å²) in [5, 5.41) is 0. The summed E-state index contributed by atoms with van der Waals surface area (Å²) in [6.07, 6.45) is 0. The molecule has 6 nitrogen and oxygen atoms in total. The first kappa shape index (κ1) is 17.0. The average Bonchev–Trinajstić information content (AvgIpc) is 3.12. The third kappa shape index (κ3) is 2.61. The van der Waals surface area contributed by atoms with E-state index in [0.29, 0.717) is 29.4 Å². The fourth-order valence-corrected chi connectivity index (χ4v) is 3.50. The molecule has 0 radical (unpaired) electrons. The van der Waals surface area contributed by atoms with Crippen molar-refractivity contribution < 1.29 is 23.7 Å². The molecule has 0 saturated carbocycles. The number of carbonyl (C=O) groups is 1. The number of aromatic nitrogens is 1. The van der Waals surface area contributed by atoms with Crippen LogP contribution in [0.25, 0.3) is 22.4 Å². The maximum atomic E-state index is 12.5. The number of para-hydroxylation sites is 2. The minimum Gasteiger partial charge on any atom is -0.493 e. The normalized spacial score (nSPS) is 11.8. The minimum atomic E-state index is -0.457. The molecular weight excluding hydrogens is 346 g/mol. The van der Waals surface area contributed by atoms with Crippen LogP contribution in [0.2, 0.25) is 0 Å². The van der Waals surface area contributed by atoms with Crippen molar-refractivity contribution in [2.24, 2.45) is 0 Å². The number of hydrogen-bond acceptors (Lipinski definition) is 5. The van der Waals surface area contributed by atoms with Gasteiger partial charge in [0.25, 0.3) is 0 Å². The van der Waals surface area contributed by atoms with Crippen LogP contribution in [0.5, 0.6) is 17.2 Å². The van der Waals surface area contributed by atoms with Crippen LogP contribution in [0.15, 0.2) is 42.5 Å². The molecule has 0 saturated heterocycles. The Morgan fingerprint density at radius 1 is 1.00 bits per heavy atom. The summed E-state index contributed by atoms with van der Waals surface area (Å²) in [4.78, 5) is 15.8. The predicted molar refractivity (Wildman–Crippen MR) is 100 cm³/mol. The molecule has 0 aliphatic carbocycles. The summed E-state index contributed by atoms with van der Waals surface area (Å²) in [6.45, 7) is 0.329. The molecule has 1 aromatic heterocycles. The van der Waals surface area contributed by atoms with E-state index >= 15 is 0 Å². The zero-order valence-corrected chi connectivity index (χ0v) is 15.3. The molecule has 4 rings (SSSR count). The first-order chi connectivity index (χ1) is 13.2. The van der Waals surface area contributed by atoms with Crippen LogP contribution in [0.3, 0.4) is 0 Å². The Kier molecular flexibility index (Phi) is 4.24. The van der Waals surface area contributed by atoms with Crippen LogP contribution in [0.4, 0.5) is 0 Å². The molecule has 0 fully saturated rings. The molecule has 1 aliphatic rings. The SMILES string of the molecule is COC(=O)c1[nH]c2c(c1-c1cccc(OC)c1OC)COc1ccccc1-2. The number of carbonyl (C=O) groups excluding carboxylic acids is 1. The molecule has 0 bridgehead atoms. The lowest BCUT2D eigenvalue weighted by Gasteiger charge is -2.19. The van der Waals surface area contributed by atoms with E-state index in [-0.39, 0.29) is 0 Å². The third-order valence-electron chi connectivity index (χ3n) is 4.69. The molecule has 3 aromatic rings. The first-order valence-corrected chi connectivity index (χ1v) is 8.46. The molecule has 138 valence electrons. The number of benzene rings is 2. The van der Waals surface area contributed by atoms with Crippen molar-refractivity contribution >= 4 is 5.97 Å². The Labute approximate surface area is 156 Å². The second kappa shape index (κ2) is 6.72. The lowest BCUT2D eigenvalue weighted by Crippen LogP contribution is -2.06. The zero-order chi connectivity index (χ0) is 19.0.